The van der Waals surface area contributed by atoms with Gasteiger partial charge in [-0.25, -0.2) is 0 Å². The average molecular weight is 243 g/mol. The summed E-state index contributed by atoms with van der Waals surface area (Å²) in [6.45, 7) is 2.02. The number of nitro groups is 1. The van der Waals surface area contributed by atoms with Crippen LogP contribution in [0.2, 0.25) is 0 Å². The van der Waals surface area contributed by atoms with Crippen molar-refractivity contribution in [2.45, 2.75) is 13.0 Å². The van der Waals surface area contributed by atoms with E-state index in [0.29, 0.717) is 0 Å². The molecule has 2 aromatic rings. The van der Waals surface area contributed by atoms with Crippen LogP contribution in [-0.4, -0.2) is 9.91 Å². The van der Waals surface area contributed by atoms with E-state index in [2.05, 4.69) is 10.3 Å². The van der Waals surface area contributed by atoms with Crippen molar-refractivity contribution < 1.29 is 4.92 Å². The zero-order valence-corrected chi connectivity index (χ0v) is 9.91. The molecule has 0 saturated carbocycles. The number of hydrogen-bond donors (Lipinski definition) is 1. The average Bonchev–Trinajstić information content (AvgIpc) is 2.40. The lowest BCUT2D eigenvalue weighted by Gasteiger charge is -2.15. The molecule has 0 bridgehead atoms. The van der Waals surface area contributed by atoms with Crippen LogP contribution in [0.4, 0.5) is 11.4 Å². The van der Waals surface area contributed by atoms with Gasteiger partial charge >= 0.3 is 0 Å². The van der Waals surface area contributed by atoms with Gasteiger partial charge < -0.3 is 5.32 Å². The Balaban J connectivity index is 2.08. The number of non-ortho nitro benzene ring substituents is 1. The predicted molar refractivity (Wildman–Crippen MR) is 69.4 cm³/mol. The van der Waals surface area contributed by atoms with E-state index in [9.17, 15) is 10.1 Å². The number of hydrogen-bond acceptors (Lipinski definition) is 4. The summed E-state index contributed by atoms with van der Waals surface area (Å²) in [6, 6.07) is 10.4. The summed E-state index contributed by atoms with van der Waals surface area (Å²) in [5.41, 5.74) is 2.06. The SMILES string of the molecule is CC(Nc1ccc([N+](=O)[O-])cc1)c1ccncc1. The highest BCUT2D eigenvalue weighted by Gasteiger charge is 2.07. The minimum Gasteiger partial charge on any atom is -0.379 e. The highest BCUT2D eigenvalue weighted by Crippen LogP contribution is 2.20. The Morgan fingerprint density at radius 3 is 2.33 bits per heavy atom. The van der Waals surface area contributed by atoms with E-state index >= 15 is 0 Å². The van der Waals surface area contributed by atoms with Crippen LogP contribution >= 0.6 is 0 Å². The molecule has 0 aliphatic carbocycles. The van der Waals surface area contributed by atoms with Gasteiger partial charge in [0, 0.05) is 36.3 Å². The fourth-order valence-electron chi connectivity index (χ4n) is 1.66. The second-order valence-electron chi connectivity index (χ2n) is 3.95. The van der Waals surface area contributed by atoms with Crippen LogP contribution in [0.25, 0.3) is 0 Å². The van der Waals surface area contributed by atoms with Crippen molar-refractivity contribution in [2.24, 2.45) is 0 Å². The van der Waals surface area contributed by atoms with Crippen molar-refractivity contribution in [3.63, 3.8) is 0 Å². The molecule has 1 atom stereocenters. The normalized spacial score (nSPS) is 11.8. The molecule has 0 fully saturated rings. The van der Waals surface area contributed by atoms with Crippen LogP contribution in [0.3, 0.4) is 0 Å². The molecule has 0 spiro atoms. The molecular weight excluding hydrogens is 230 g/mol. The maximum Gasteiger partial charge on any atom is 0.269 e. The number of anilines is 1. The lowest BCUT2D eigenvalue weighted by atomic mass is 10.1. The van der Waals surface area contributed by atoms with Crippen LogP contribution in [0.1, 0.15) is 18.5 Å². The van der Waals surface area contributed by atoms with E-state index in [1.165, 1.54) is 12.1 Å². The summed E-state index contributed by atoms with van der Waals surface area (Å²) >= 11 is 0. The molecular formula is C13H13N3O2. The molecule has 1 heterocycles. The highest BCUT2D eigenvalue weighted by atomic mass is 16.6. The minimum absolute atomic E-state index is 0.0946. The van der Waals surface area contributed by atoms with E-state index in [-0.39, 0.29) is 11.7 Å². The summed E-state index contributed by atoms with van der Waals surface area (Å²) in [5.74, 6) is 0. The van der Waals surface area contributed by atoms with Gasteiger partial charge in [-0.05, 0) is 36.8 Å². The first-order chi connectivity index (χ1) is 8.66. The number of nitrogens with zero attached hydrogens (tertiary/aromatic N) is 2. The maximum absolute atomic E-state index is 10.5. The quantitative estimate of drug-likeness (QED) is 0.661. The van der Waals surface area contributed by atoms with Crippen LogP contribution in [0, 0.1) is 10.1 Å². The van der Waals surface area contributed by atoms with Crippen molar-refractivity contribution in [1.82, 2.24) is 4.98 Å². The van der Waals surface area contributed by atoms with Gasteiger partial charge in [0.05, 0.1) is 4.92 Å². The second kappa shape index (κ2) is 5.27. The van der Waals surface area contributed by atoms with Gasteiger partial charge in [-0.3, -0.25) is 15.1 Å². The molecule has 5 nitrogen and oxygen atoms in total. The van der Waals surface area contributed by atoms with Gasteiger partial charge in [0.1, 0.15) is 0 Å². The highest BCUT2D eigenvalue weighted by molar-refractivity contribution is 5.49. The molecule has 5 heteroatoms. The molecule has 0 aliphatic heterocycles. The molecule has 0 radical (unpaired) electrons. The molecule has 0 aliphatic rings. The van der Waals surface area contributed by atoms with E-state index < -0.39 is 4.92 Å². The Labute approximate surface area is 105 Å². The van der Waals surface area contributed by atoms with Crippen molar-refractivity contribution in [2.75, 3.05) is 5.32 Å². The Hall–Kier alpha value is -2.43. The molecule has 0 saturated heterocycles. The lowest BCUT2D eigenvalue weighted by Crippen LogP contribution is -2.06. The zero-order chi connectivity index (χ0) is 13.0. The largest absolute Gasteiger partial charge is 0.379 e. The molecule has 1 unspecified atom stereocenters. The Morgan fingerprint density at radius 2 is 1.78 bits per heavy atom. The first kappa shape index (κ1) is 12.0. The molecule has 1 N–H and O–H groups in total. The summed E-state index contributed by atoms with van der Waals surface area (Å²) in [7, 11) is 0. The lowest BCUT2D eigenvalue weighted by molar-refractivity contribution is -0.384. The third-order valence-electron chi connectivity index (χ3n) is 2.67. The maximum atomic E-state index is 10.5. The Kier molecular flexibility index (Phi) is 3.52. The number of nitro benzene ring substituents is 1. The first-order valence-corrected chi connectivity index (χ1v) is 5.58. The van der Waals surface area contributed by atoms with E-state index in [4.69, 9.17) is 0 Å². The number of aromatic nitrogens is 1. The van der Waals surface area contributed by atoms with Gasteiger partial charge in [-0.1, -0.05) is 0 Å². The van der Waals surface area contributed by atoms with E-state index in [1.807, 2.05) is 19.1 Å². The fraction of sp³-hybridized carbons (Fsp3) is 0.154. The minimum atomic E-state index is -0.407. The predicted octanol–water partition coefficient (Wildman–Crippen LogP) is 3.16. The molecule has 2 rings (SSSR count). The van der Waals surface area contributed by atoms with E-state index in [0.717, 1.165) is 11.3 Å². The third kappa shape index (κ3) is 2.82. The smallest absolute Gasteiger partial charge is 0.269 e. The van der Waals surface area contributed by atoms with Crippen LogP contribution in [-0.2, 0) is 0 Å². The first-order valence-electron chi connectivity index (χ1n) is 5.58. The number of rotatable bonds is 4. The van der Waals surface area contributed by atoms with Crippen molar-refractivity contribution in [1.29, 1.82) is 0 Å². The number of pyridine rings is 1. The van der Waals surface area contributed by atoms with Gasteiger partial charge in [0.25, 0.3) is 5.69 Å². The van der Waals surface area contributed by atoms with Crippen molar-refractivity contribution in [3.05, 3.63) is 64.5 Å². The molecule has 0 amide bonds. The van der Waals surface area contributed by atoms with Gasteiger partial charge in [0.2, 0.25) is 0 Å². The summed E-state index contributed by atoms with van der Waals surface area (Å²) in [5, 5.41) is 13.8. The fourth-order valence-corrected chi connectivity index (χ4v) is 1.66. The molecule has 1 aromatic heterocycles. The van der Waals surface area contributed by atoms with Crippen LogP contribution in [0.5, 0.6) is 0 Å². The Bertz CT molecular complexity index is 526. The van der Waals surface area contributed by atoms with Gasteiger partial charge in [-0.2, -0.15) is 0 Å². The molecule has 92 valence electrons. The number of benzene rings is 1. The van der Waals surface area contributed by atoms with Gasteiger partial charge in [-0.15, -0.1) is 0 Å². The topological polar surface area (TPSA) is 68.1 Å². The van der Waals surface area contributed by atoms with Crippen molar-refractivity contribution >= 4 is 11.4 Å². The van der Waals surface area contributed by atoms with Crippen LogP contribution < -0.4 is 5.32 Å². The summed E-state index contributed by atoms with van der Waals surface area (Å²) in [6.07, 6.45) is 3.48. The summed E-state index contributed by atoms with van der Waals surface area (Å²) < 4.78 is 0. The number of nitrogens with one attached hydrogen (secondary N) is 1. The van der Waals surface area contributed by atoms with E-state index in [1.54, 1.807) is 24.5 Å². The standard InChI is InChI=1S/C13H13N3O2/c1-10(11-6-8-14-9-7-11)15-12-2-4-13(5-3-12)16(17)18/h2-10,15H,1H3. The Morgan fingerprint density at radius 1 is 1.17 bits per heavy atom. The summed E-state index contributed by atoms with van der Waals surface area (Å²) in [4.78, 5) is 14.1. The monoisotopic (exact) mass is 243 g/mol. The molecule has 1 aromatic carbocycles. The molecule has 18 heavy (non-hydrogen) atoms. The third-order valence-corrected chi connectivity index (χ3v) is 2.67. The van der Waals surface area contributed by atoms with Crippen molar-refractivity contribution in [3.8, 4) is 0 Å². The second-order valence-corrected chi connectivity index (χ2v) is 3.95. The van der Waals surface area contributed by atoms with Gasteiger partial charge in [0.15, 0.2) is 0 Å². The van der Waals surface area contributed by atoms with Crippen LogP contribution in [0.15, 0.2) is 48.8 Å². The zero-order valence-electron chi connectivity index (χ0n) is 9.91.